The molecular weight excluding hydrogens is 354 g/mol. The zero-order chi connectivity index (χ0) is 18.9. The van der Waals surface area contributed by atoms with Gasteiger partial charge in [-0.15, -0.1) is 0 Å². The molecule has 2 aromatic heterocycles. The predicted molar refractivity (Wildman–Crippen MR) is 103 cm³/mol. The van der Waals surface area contributed by atoms with Crippen molar-refractivity contribution in [1.29, 1.82) is 0 Å². The van der Waals surface area contributed by atoms with Crippen molar-refractivity contribution < 1.29 is 9.32 Å². The van der Waals surface area contributed by atoms with E-state index in [0.717, 1.165) is 30.5 Å². The van der Waals surface area contributed by atoms with Crippen LogP contribution in [0.25, 0.3) is 11.4 Å². The molecule has 5 rings (SSSR count). The van der Waals surface area contributed by atoms with Gasteiger partial charge < -0.3 is 14.7 Å². The Morgan fingerprint density at radius 2 is 2.14 bits per heavy atom. The number of nitrogens with zero attached hydrogens (tertiary/aromatic N) is 4. The second-order valence-corrected chi connectivity index (χ2v) is 7.32. The summed E-state index contributed by atoms with van der Waals surface area (Å²) < 4.78 is 5.36. The third-order valence-corrected chi connectivity index (χ3v) is 5.31. The molecule has 3 aromatic rings. The fourth-order valence-electron chi connectivity index (χ4n) is 3.62. The lowest BCUT2D eigenvalue weighted by atomic mass is 10.0. The third-order valence-electron chi connectivity index (χ3n) is 5.31. The van der Waals surface area contributed by atoms with Gasteiger partial charge in [0.15, 0.2) is 0 Å². The number of rotatable bonds is 4. The van der Waals surface area contributed by atoms with Gasteiger partial charge in [0.05, 0.1) is 6.04 Å². The number of piperazine rings is 1. The van der Waals surface area contributed by atoms with E-state index in [2.05, 4.69) is 20.4 Å². The zero-order valence-corrected chi connectivity index (χ0v) is 15.4. The first-order chi connectivity index (χ1) is 13.8. The number of amides is 1. The summed E-state index contributed by atoms with van der Waals surface area (Å²) in [6.45, 7) is 2.14. The van der Waals surface area contributed by atoms with E-state index >= 15 is 0 Å². The summed E-state index contributed by atoms with van der Waals surface area (Å²) in [5.41, 5.74) is 2.46. The van der Waals surface area contributed by atoms with Gasteiger partial charge in [0, 0.05) is 49.1 Å². The molecule has 1 saturated carbocycles. The number of pyridine rings is 1. The minimum absolute atomic E-state index is 0.00288. The van der Waals surface area contributed by atoms with Crippen molar-refractivity contribution in [2.45, 2.75) is 24.8 Å². The Hall–Kier alpha value is -3.06. The molecule has 0 radical (unpaired) electrons. The summed E-state index contributed by atoms with van der Waals surface area (Å²) in [4.78, 5) is 23.9. The van der Waals surface area contributed by atoms with Gasteiger partial charge in [0.2, 0.25) is 11.7 Å². The molecule has 0 spiro atoms. The monoisotopic (exact) mass is 375 g/mol. The van der Waals surface area contributed by atoms with E-state index in [1.807, 2.05) is 47.5 Å². The van der Waals surface area contributed by atoms with E-state index in [4.69, 9.17) is 4.52 Å². The van der Waals surface area contributed by atoms with E-state index in [1.165, 1.54) is 0 Å². The first-order valence-electron chi connectivity index (χ1n) is 9.65. The van der Waals surface area contributed by atoms with Crippen LogP contribution in [0.4, 0.5) is 0 Å². The van der Waals surface area contributed by atoms with Crippen LogP contribution in [-0.4, -0.2) is 45.6 Å². The molecule has 1 aromatic carbocycles. The van der Waals surface area contributed by atoms with E-state index < -0.39 is 0 Å². The highest BCUT2D eigenvalue weighted by Crippen LogP contribution is 2.39. The summed E-state index contributed by atoms with van der Waals surface area (Å²) in [5, 5.41) is 7.47. The van der Waals surface area contributed by atoms with Crippen LogP contribution >= 0.6 is 0 Å². The molecule has 7 heteroatoms. The highest BCUT2D eigenvalue weighted by Gasteiger charge is 2.31. The van der Waals surface area contributed by atoms with Gasteiger partial charge in [-0.1, -0.05) is 23.4 Å². The smallest absolute Gasteiger partial charge is 0.254 e. The van der Waals surface area contributed by atoms with Crippen LogP contribution < -0.4 is 5.32 Å². The molecule has 1 atom stereocenters. The van der Waals surface area contributed by atoms with Gasteiger partial charge in [-0.2, -0.15) is 4.98 Å². The van der Waals surface area contributed by atoms with E-state index in [1.54, 1.807) is 6.20 Å². The Labute approximate surface area is 162 Å². The lowest BCUT2D eigenvalue weighted by molar-refractivity contribution is 0.0634. The first kappa shape index (κ1) is 17.1. The van der Waals surface area contributed by atoms with Crippen LogP contribution in [0, 0.1) is 0 Å². The Bertz CT molecular complexity index is 983. The normalized spacial score (nSPS) is 19.6. The quantitative estimate of drug-likeness (QED) is 0.755. The maximum Gasteiger partial charge on any atom is 0.254 e. The number of carbonyl (C=O) groups excluding carboxylic acids is 1. The molecule has 1 aliphatic carbocycles. The van der Waals surface area contributed by atoms with Crippen molar-refractivity contribution in [1.82, 2.24) is 25.3 Å². The number of nitrogens with one attached hydrogen (secondary N) is 1. The largest absolute Gasteiger partial charge is 0.339 e. The van der Waals surface area contributed by atoms with Crippen molar-refractivity contribution in [3.8, 4) is 11.4 Å². The van der Waals surface area contributed by atoms with E-state index in [9.17, 15) is 4.79 Å². The van der Waals surface area contributed by atoms with Gasteiger partial charge in [-0.3, -0.25) is 9.78 Å². The third kappa shape index (κ3) is 3.29. The predicted octanol–water partition coefficient (Wildman–Crippen LogP) is 2.80. The molecule has 142 valence electrons. The molecule has 1 N–H and O–H groups in total. The number of aromatic nitrogens is 3. The lowest BCUT2D eigenvalue weighted by Crippen LogP contribution is -2.48. The van der Waals surface area contributed by atoms with Crippen LogP contribution in [0.3, 0.4) is 0 Å². The maximum absolute atomic E-state index is 13.3. The zero-order valence-electron chi connectivity index (χ0n) is 15.4. The summed E-state index contributed by atoms with van der Waals surface area (Å²) in [5.74, 6) is 1.65. The minimum atomic E-state index is -0.0368. The summed E-state index contributed by atoms with van der Waals surface area (Å²) >= 11 is 0. The van der Waals surface area contributed by atoms with Crippen molar-refractivity contribution in [3.63, 3.8) is 0 Å². The number of hydrogen-bond acceptors (Lipinski definition) is 6. The summed E-state index contributed by atoms with van der Waals surface area (Å²) in [6.07, 6.45) is 5.79. The average molecular weight is 375 g/mol. The van der Waals surface area contributed by atoms with Gasteiger partial charge in [-0.25, -0.2) is 0 Å². The molecule has 28 heavy (non-hydrogen) atoms. The molecular formula is C21H21N5O2. The Morgan fingerprint density at radius 1 is 1.21 bits per heavy atom. The van der Waals surface area contributed by atoms with Gasteiger partial charge in [0.25, 0.3) is 5.91 Å². The maximum atomic E-state index is 13.3. The SMILES string of the molecule is O=C(c1cccc(-c2noc(C3CC3)n2)c1)N1CCNCC1c1cccnc1. The number of hydrogen-bond donors (Lipinski definition) is 1. The second-order valence-electron chi connectivity index (χ2n) is 7.32. The van der Waals surface area contributed by atoms with Crippen LogP contribution in [0.5, 0.6) is 0 Å². The molecule has 2 fully saturated rings. The van der Waals surface area contributed by atoms with Crippen LogP contribution in [0.1, 0.15) is 46.6 Å². The Morgan fingerprint density at radius 3 is 2.96 bits per heavy atom. The van der Waals surface area contributed by atoms with E-state index in [0.29, 0.717) is 36.3 Å². The van der Waals surface area contributed by atoms with Crippen LogP contribution in [0.2, 0.25) is 0 Å². The second kappa shape index (κ2) is 7.16. The summed E-state index contributed by atoms with van der Waals surface area (Å²) in [7, 11) is 0. The van der Waals surface area contributed by atoms with Crippen molar-refractivity contribution in [2.75, 3.05) is 19.6 Å². The van der Waals surface area contributed by atoms with Gasteiger partial charge in [-0.05, 0) is 36.6 Å². The van der Waals surface area contributed by atoms with Gasteiger partial charge >= 0.3 is 0 Å². The number of benzene rings is 1. The molecule has 1 saturated heterocycles. The standard InChI is InChI=1S/C21H21N5O2/c27-21(26-10-9-23-13-18(26)17-5-2-8-22-12-17)16-4-1-3-15(11-16)19-24-20(28-25-19)14-6-7-14/h1-5,8,11-12,14,18,23H,6-7,9-10,13H2. The Kier molecular flexibility index (Phi) is 4.37. The fourth-order valence-corrected chi connectivity index (χ4v) is 3.62. The molecule has 3 heterocycles. The topological polar surface area (TPSA) is 84.2 Å². The molecule has 2 aliphatic rings. The van der Waals surface area contributed by atoms with Gasteiger partial charge in [0.1, 0.15) is 0 Å². The summed E-state index contributed by atoms with van der Waals surface area (Å²) in [6, 6.07) is 11.4. The van der Waals surface area contributed by atoms with E-state index in [-0.39, 0.29) is 11.9 Å². The van der Waals surface area contributed by atoms with Crippen LogP contribution in [-0.2, 0) is 0 Å². The average Bonchev–Trinajstić information content (AvgIpc) is 3.50. The van der Waals surface area contributed by atoms with Crippen molar-refractivity contribution in [2.24, 2.45) is 0 Å². The molecule has 7 nitrogen and oxygen atoms in total. The lowest BCUT2D eigenvalue weighted by Gasteiger charge is -2.36. The molecule has 1 aliphatic heterocycles. The Balaban J connectivity index is 1.42. The minimum Gasteiger partial charge on any atom is -0.339 e. The highest BCUT2D eigenvalue weighted by atomic mass is 16.5. The molecule has 1 unspecified atom stereocenters. The fraction of sp³-hybridized carbons (Fsp3) is 0.333. The first-order valence-corrected chi connectivity index (χ1v) is 9.65. The van der Waals surface area contributed by atoms with Crippen LogP contribution in [0.15, 0.2) is 53.3 Å². The number of carbonyl (C=O) groups is 1. The molecule has 0 bridgehead atoms. The highest BCUT2D eigenvalue weighted by molar-refractivity contribution is 5.95. The van der Waals surface area contributed by atoms with Crippen molar-refractivity contribution in [3.05, 3.63) is 65.8 Å². The molecule has 1 amide bonds. The van der Waals surface area contributed by atoms with Crippen molar-refractivity contribution >= 4 is 5.91 Å².